The molecule has 0 spiro atoms. The lowest BCUT2D eigenvalue weighted by Crippen LogP contribution is -2.31. The van der Waals surface area contributed by atoms with Crippen LogP contribution < -0.4 is 4.90 Å². The zero-order valence-electron chi connectivity index (χ0n) is 16.7. The van der Waals surface area contributed by atoms with Crippen molar-refractivity contribution in [2.24, 2.45) is 0 Å². The summed E-state index contributed by atoms with van der Waals surface area (Å²) in [6.45, 7) is 6.26. The monoisotopic (exact) mass is 461 g/mol. The Bertz CT molecular complexity index is 1030. The van der Waals surface area contributed by atoms with Gasteiger partial charge in [-0.15, -0.1) is 0 Å². The number of hydrogen-bond acceptors (Lipinski definition) is 5. The van der Waals surface area contributed by atoms with Gasteiger partial charge in [-0.25, -0.2) is 9.97 Å². The number of aromatic nitrogens is 3. The van der Waals surface area contributed by atoms with E-state index in [1.165, 1.54) is 0 Å². The first-order valence-corrected chi connectivity index (χ1v) is 11.0. The first-order valence-electron chi connectivity index (χ1n) is 9.88. The van der Waals surface area contributed by atoms with Crippen molar-refractivity contribution in [1.82, 2.24) is 19.9 Å². The topological polar surface area (TPSA) is 45.2 Å². The van der Waals surface area contributed by atoms with E-state index in [1.807, 2.05) is 37.3 Å². The molecule has 0 aliphatic carbocycles. The second-order valence-electron chi connectivity index (χ2n) is 7.34. The molecule has 156 valence electrons. The Kier molecular flexibility index (Phi) is 6.74. The summed E-state index contributed by atoms with van der Waals surface area (Å²) in [6, 6.07) is 11.4. The Morgan fingerprint density at radius 1 is 0.967 bits per heavy atom. The SMILES string of the molecule is Cc1nc(-c2ccccn2)nc(N2CCCN(Cc3ccc(Cl)cc3Cl)CC2)c1Cl. The third-order valence-electron chi connectivity index (χ3n) is 5.19. The van der Waals surface area contributed by atoms with E-state index >= 15 is 0 Å². The van der Waals surface area contributed by atoms with Crippen molar-refractivity contribution in [3.8, 4) is 11.5 Å². The standard InChI is InChI=1S/C22H22Cl3N5/c1-15-20(25)22(28-21(27-15)19-5-2-3-8-26-19)30-10-4-9-29(11-12-30)14-16-6-7-17(23)13-18(16)24/h2-3,5-8,13H,4,9-12,14H2,1H3. The second-order valence-corrected chi connectivity index (χ2v) is 8.56. The van der Waals surface area contributed by atoms with Crippen LogP contribution in [0.5, 0.6) is 0 Å². The van der Waals surface area contributed by atoms with Crippen LogP contribution in [-0.4, -0.2) is 46.0 Å². The molecule has 1 fully saturated rings. The van der Waals surface area contributed by atoms with Crippen LogP contribution in [0.2, 0.25) is 15.1 Å². The van der Waals surface area contributed by atoms with Crippen molar-refractivity contribution < 1.29 is 0 Å². The number of anilines is 1. The van der Waals surface area contributed by atoms with Gasteiger partial charge in [0.05, 0.1) is 5.69 Å². The predicted octanol–water partition coefficient (Wildman–Crippen LogP) is 5.52. The van der Waals surface area contributed by atoms with E-state index in [2.05, 4.69) is 19.8 Å². The van der Waals surface area contributed by atoms with Gasteiger partial charge in [-0.2, -0.15) is 0 Å². The Hall–Kier alpha value is -1.92. The minimum Gasteiger partial charge on any atom is -0.354 e. The van der Waals surface area contributed by atoms with Crippen molar-refractivity contribution >= 4 is 40.6 Å². The second kappa shape index (κ2) is 9.48. The lowest BCUT2D eigenvalue weighted by molar-refractivity contribution is 0.285. The molecule has 1 aliphatic rings. The summed E-state index contributed by atoms with van der Waals surface area (Å²) in [7, 11) is 0. The summed E-state index contributed by atoms with van der Waals surface area (Å²) >= 11 is 19.0. The van der Waals surface area contributed by atoms with Crippen molar-refractivity contribution in [2.75, 3.05) is 31.1 Å². The molecular weight excluding hydrogens is 441 g/mol. The number of benzene rings is 1. The molecule has 2 aromatic heterocycles. The molecule has 4 rings (SSSR count). The Balaban J connectivity index is 1.52. The quantitative estimate of drug-likeness (QED) is 0.511. The molecule has 30 heavy (non-hydrogen) atoms. The molecule has 1 aromatic carbocycles. The molecule has 8 heteroatoms. The van der Waals surface area contributed by atoms with Crippen molar-refractivity contribution in [3.63, 3.8) is 0 Å². The molecule has 0 N–H and O–H groups in total. The zero-order valence-corrected chi connectivity index (χ0v) is 18.9. The molecule has 1 saturated heterocycles. The number of aryl methyl sites for hydroxylation is 1. The van der Waals surface area contributed by atoms with Crippen molar-refractivity contribution in [3.05, 3.63) is 68.9 Å². The van der Waals surface area contributed by atoms with Crippen LogP contribution in [-0.2, 0) is 6.54 Å². The summed E-state index contributed by atoms with van der Waals surface area (Å²) in [5.74, 6) is 1.37. The molecule has 1 aliphatic heterocycles. The predicted molar refractivity (Wildman–Crippen MR) is 124 cm³/mol. The lowest BCUT2D eigenvalue weighted by atomic mass is 10.2. The highest BCUT2D eigenvalue weighted by molar-refractivity contribution is 6.35. The van der Waals surface area contributed by atoms with Crippen LogP contribution in [0, 0.1) is 6.92 Å². The van der Waals surface area contributed by atoms with Crippen LogP contribution in [0.4, 0.5) is 5.82 Å². The first kappa shape index (κ1) is 21.3. The van der Waals surface area contributed by atoms with Gasteiger partial charge in [0.1, 0.15) is 10.7 Å². The molecule has 0 amide bonds. The maximum Gasteiger partial charge on any atom is 0.180 e. The van der Waals surface area contributed by atoms with Gasteiger partial charge in [-0.3, -0.25) is 9.88 Å². The normalized spacial score (nSPS) is 15.3. The molecule has 3 heterocycles. The summed E-state index contributed by atoms with van der Waals surface area (Å²) in [5.41, 5.74) is 2.59. The van der Waals surface area contributed by atoms with Gasteiger partial charge in [-0.05, 0) is 43.2 Å². The fourth-order valence-corrected chi connectivity index (χ4v) is 4.27. The van der Waals surface area contributed by atoms with E-state index in [0.29, 0.717) is 20.9 Å². The van der Waals surface area contributed by atoms with E-state index in [1.54, 1.807) is 12.3 Å². The Labute approximate surface area is 191 Å². The fourth-order valence-electron chi connectivity index (χ4n) is 3.59. The fraction of sp³-hybridized carbons (Fsp3) is 0.318. The molecule has 0 radical (unpaired) electrons. The van der Waals surface area contributed by atoms with Crippen molar-refractivity contribution in [2.45, 2.75) is 19.9 Å². The third-order valence-corrected chi connectivity index (χ3v) is 6.22. The lowest BCUT2D eigenvalue weighted by Gasteiger charge is -2.24. The maximum atomic E-state index is 6.61. The highest BCUT2D eigenvalue weighted by atomic mass is 35.5. The summed E-state index contributed by atoms with van der Waals surface area (Å²) in [5, 5.41) is 1.96. The van der Waals surface area contributed by atoms with Gasteiger partial charge in [0, 0.05) is 49.0 Å². The van der Waals surface area contributed by atoms with Gasteiger partial charge in [-0.1, -0.05) is 46.9 Å². The van der Waals surface area contributed by atoms with Gasteiger partial charge in [0.15, 0.2) is 11.6 Å². The van der Waals surface area contributed by atoms with Crippen LogP contribution >= 0.6 is 34.8 Å². The van der Waals surface area contributed by atoms with E-state index in [9.17, 15) is 0 Å². The number of halogens is 3. The van der Waals surface area contributed by atoms with Crippen molar-refractivity contribution in [1.29, 1.82) is 0 Å². The van der Waals surface area contributed by atoms with Crippen LogP contribution in [0.25, 0.3) is 11.5 Å². The van der Waals surface area contributed by atoms with E-state index < -0.39 is 0 Å². The summed E-state index contributed by atoms with van der Waals surface area (Å²) in [4.78, 5) is 18.3. The van der Waals surface area contributed by atoms with Crippen LogP contribution in [0.3, 0.4) is 0 Å². The molecule has 0 atom stereocenters. The minimum absolute atomic E-state index is 0.599. The minimum atomic E-state index is 0.599. The molecule has 5 nitrogen and oxygen atoms in total. The average Bonchev–Trinajstić information content (AvgIpc) is 2.98. The molecule has 3 aromatic rings. The number of hydrogen-bond donors (Lipinski definition) is 0. The number of nitrogens with zero attached hydrogens (tertiary/aromatic N) is 5. The zero-order chi connectivity index (χ0) is 21.1. The molecule has 0 unspecified atom stereocenters. The van der Waals surface area contributed by atoms with Gasteiger partial charge >= 0.3 is 0 Å². The third kappa shape index (κ3) is 4.86. The highest BCUT2D eigenvalue weighted by Crippen LogP contribution is 2.30. The number of rotatable bonds is 4. The van der Waals surface area contributed by atoms with Gasteiger partial charge < -0.3 is 4.90 Å². The average molecular weight is 463 g/mol. The Morgan fingerprint density at radius 2 is 1.83 bits per heavy atom. The highest BCUT2D eigenvalue weighted by Gasteiger charge is 2.21. The number of pyridine rings is 1. The van der Waals surface area contributed by atoms with Crippen LogP contribution in [0.1, 0.15) is 17.7 Å². The van der Waals surface area contributed by atoms with Gasteiger partial charge in [0.2, 0.25) is 0 Å². The van der Waals surface area contributed by atoms with Crippen LogP contribution in [0.15, 0.2) is 42.6 Å². The summed E-state index contributed by atoms with van der Waals surface area (Å²) < 4.78 is 0. The van der Waals surface area contributed by atoms with E-state index in [4.69, 9.17) is 39.8 Å². The van der Waals surface area contributed by atoms with Gasteiger partial charge in [0.25, 0.3) is 0 Å². The maximum absolute atomic E-state index is 6.61. The molecular formula is C22H22Cl3N5. The summed E-state index contributed by atoms with van der Waals surface area (Å²) in [6.07, 6.45) is 2.75. The Morgan fingerprint density at radius 3 is 2.60 bits per heavy atom. The van der Waals surface area contributed by atoms with E-state index in [-0.39, 0.29) is 0 Å². The molecule has 0 bridgehead atoms. The largest absolute Gasteiger partial charge is 0.354 e. The smallest absolute Gasteiger partial charge is 0.180 e. The van der Waals surface area contributed by atoms with E-state index in [0.717, 1.165) is 61.9 Å². The first-order chi connectivity index (χ1) is 14.5. The molecule has 0 saturated carbocycles.